The molecule has 6 nitrogen and oxygen atoms in total. The van der Waals surface area contributed by atoms with Crippen LogP contribution in [0.4, 0.5) is 5.69 Å². The second-order valence-electron chi connectivity index (χ2n) is 4.37. The van der Waals surface area contributed by atoms with Gasteiger partial charge in [0.25, 0.3) is 5.91 Å². The normalized spacial score (nSPS) is 12.8. The zero-order chi connectivity index (χ0) is 14.8. The van der Waals surface area contributed by atoms with Gasteiger partial charge in [0, 0.05) is 34.4 Å². The predicted octanol–water partition coefficient (Wildman–Crippen LogP) is 2.16. The molecule has 0 saturated heterocycles. The van der Waals surface area contributed by atoms with Gasteiger partial charge < -0.3 is 19.8 Å². The number of ether oxygens (including phenoxy) is 2. The maximum Gasteiger partial charge on any atom is 0.255 e. The summed E-state index contributed by atoms with van der Waals surface area (Å²) in [5.74, 6) is 0.825. The van der Waals surface area contributed by atoms with Crippen molar-refractivity contribution < 1.29 is 14.3 Å². The Bertz CT molecular complexity index is 757. The van der Waals surface area contributed by atoms with E-state index in [-0.39, 0.29) is 17.0 Å². The molecule has 0 fully saturated rings. The zero-order valence-corrected chi connectivity index (χ0v) is 12.4. The van der Waals surface area contributed by atoms with Crippen molar-refractivity contribution in [2.45, 2.75) is 0 Å². The number of carbonyl (C=O) groups is 1. The van der Waals surface area contributed by atoms with E-state index in [4.69, 9.17) is 9.47 Å². The summed E-state index contributed by atoms with van der Waals surface area (Å²) in [5, 5.41) is 2.73. The maximum absolute atomic E-state index is 12.1. The highest BCUT2D eigenvalue weighted by Gasteiger charge is 2.16. The SMILES string of the molecule is O=C(Nc1cc2c(cc1Br)OCCO2)c1cc[nH]c(=O)c1. The molecule has 2 N–H and O–H groups in total. The summed E-state index contributed by atoms with van der Waals surface area (Å²) in [5.41, 5.74) is 0.494. The molecule has 1 aromatic heterocycles. The van der Waals surface area contributed by atoms with E-state index in [1.165, 1.54) is 18.3 Å². The summed E-state index contributed by atoms with van der Waals surface area (Å²) in [6.07, 6.45) is 1.43. The van der Waals surface area contributed by atoms with Crippen molar-refractivity contribution in [1.29, 1.82) is 0 Å². The van der Waals surface area contributed by atoms with Crippen LogP contribution in [0.5, 0.6) is 11.5 Å². The number of H-pyrrole nitrogens is 1. The molecule has 1 aromatic carbocycles. The van der Waals surface area contributed by atoms with Crippen molar-refractivity contribution in [3.63, 3.8) is 0 Å². The molecule has 0 atom stereocenters. The molecular formula is C14H11BrN2O4. The summed E-state index contributed by atoms with van der Waals surface area (Å²) < 4.78 is 11.6. The van der Waals surface area contributed by atoms with Crippen LogP contribution < -0.4 is 20.3 Å². The van der Waals surface area contributed by atoms with Crippen LogP contribution in [0.1, 0.15) is 10.4 Å². The number of hydrogen-bond donors (Lipinski definition) is 2. The minimum Gasteiger partial charge on any atom is -0.486 e. The molecule has 0 unspecified atom stereocenters. The van der Waals surface area contributed by atoms with Crippen LogP contribution in [-0.2, 0) is 0 Å². The van der Waals surface area contributed by atoms with Gasteiger partial charge in [-0.05, 0) is 22.0 Å². The first-order valence-corrected chi connectivity index (χ1v) is 7.02. The first-order valence-electron chi connectivity index (χ1n) is 6.23. The molecule has 21 heavy (non-hydrogen) atoms. The van der Waals surface area contributed by atoms with Crippen LogP contribution in [0.25, 0.3) is 0 Å². The number of aromatic nitrogens is 1. The Morgan fingerprint density at radius 3 is 2.62 bits per heavy atom. The van der Waals surface area contributed by atoms with E-state index in [9.17, 15) is 9.59 Å². The summed E-state index contributed by atoms with van der Waals surface area (Å²) >= 11 is 3.37. The number of pyridine rings is 1. The number of nitrogens with one attached hydrogen (secondary N) is 2. The summed E-state index contributed by atoms with van der Waals surface area (Å²) in [6.45, 7) is 0.966. The first-order chi connectivity index (χ1) is 10.1. The lowest BCUT2D eigenvalue weighted by molar-refractivity contribution is 0.102. The Balaban J connectivity index is 1.87. The van der Waals surface area contributed by atoms with E-state index in [0.29, 0.717) is 34.9 Å². The number of fused-ring (bicyclic) bond motifs is 1. The molecule has 1 aliphatic rings. The molecular weight excluding hydrogens is 340 g/mol. The highest BCUT2D eigenvalue weighted by molar-refractivity contribution is 9.10. The molecule has 1 amide bonds. The number of benzene rings is 1. The zero-order valence-electron chi connectivity index (χ0n) is 10.8. The molecule has 0 radical (unpaired) electrons. The largest absolute Gasteiger partial charge is 0.486 e. The van der Waals surface area contributed by atoms with Crippen LogP contribution in [0.2, 0.25) is 0 Å². The van der Waals surface area contributed by atoms with Gasteiger partial charge >= 0.3 is 0 Å². The molecule has 0 aliphatic carbocycles. The number of hydrogen-bond acceptors (Lipinski definition) is 4. The van der Waals surface area contributed by atoms with Crippen molar-refractivity contribution in [1.82, 2.24) is 4.98 Å². The Morgan fingerprint density at radius 2 is 1.90 bits per heavy atom. The van der Waals surface area contributed by atoms with Gasteiger partial charge in [-0.2, -0.15) is 0 Å². The fraction of sp³-hybridized carbons (Fsp3) is 0.143. The first kappa shape index (κ1) is 13.7. The fourth-order valence-electron chi connectivity index (χ4n) is 1.94. The third-order valence-electron chi connectivity index (χ3n) is 2.92. The lowest BCUT2D eigenvalue weighted by Crippen LogP contribution is -2.18. The van der Waals surface area contributed by atoms with E-state index in [1.54, 1.807) is 12.1 Å². The lowest BCUT2D eigenvalue weighted by atomic mass is 10.2. The molecule has 2 heterocycles. The van der Waals surface area contributed by atoms with Crippen LogP contribution in [-0.4, -0.2) is 24.1 Å². The molecule has 108 valence electrons. The summed E-state index contributed by atoms with van der Waals surface area (Å²) in [4.78, 5) is 25.8. The van der Waals surface area contributed by atoms with Crippen molar-refractivity contribution in [3.05, 3.63) is 50.9 Å². The van der Waals surface area contributed by atoms with Crippen LogP contribution in [0, 0.1) is 0 Å². The Hall–Kier alpha value is -2.28. The van der Waals surface area contributed by atoms with Gasteiger partial charge in [-0.15, -0.1) is 0 Å². The van der Waals surface area contributed by atoms with Crippen molar-refractivity contribution in [3.8, 4) is 11.5 Å². The smallest absolute Gasteiger partial charge is 0.255 e. The minimum atomic E-state index is -0.376. The molecule has 0 saturated carbocycles. The molecule has 0 spiro atoms. The van der Waals surface area contributed by atoms with Gasteiger partial charge in [0.05, 0.1) is 5.69 Å². The Kier molecular flexibility index (Phi) is 3.66. The van der Waals surface area contributed by atoms with E-state index < -0.39 is 0 Å². The van der Waals surface area contributed by atoms with Crippen molar-refractivity contribution in [2.75, 3.05) is 18.5 Å². The number of halogens is 1. The standard InChI is InChI=1S/C14H11BrN2O4/c15-9-6-11-12(21-4-3-20-11)7-10(9)17-14(19)8-1-2-16-13(18)5-8/h1-2,5-7H,3-4H2,(H,16,18)(H,17,19). The number of anilines is 1. The number of rotatable bonds is 2. The number of aromatic amines is 1. The van der Waals surface area contributed by atoms with Gasteiger partial charge in [-0.25, -0.2) is 0 Å². The van der Waals surface area contributed by atoms with E-state index >= 15 is 0 Å². The van der Waals surface area contributed by atoms with Gasteiger partial charge in [0.1, 0.15) is 13.2 Å². The average Bonchev–Trinajstić information content (AvgIpc) is 2.48. The lowest BCUT2D eigenvalue weighted by Gasteiger charge is -2.20. The summed E-state index contributed by atoms with van der Waals surface area (Å²) in [6, 6.07) is 6.19. The van der Waals surface area contributed by atoms with E-state index in [1.807, 2.05) is 0 Å². The van der Waals surface area contributed by atoms with Crippen molar-refractivity contribution >= 4 is 27.5 Å². The van der Waals surface area contributed by atoms with Crippen molar-refractivity contribution in [2.24, 2.45) is 0 Å². The molecule has 3 rings (SSSR count). The molecule has 2 aromatic rings. The molecule has 7 heteroatoms. The van der Waals surface area contributed by atoms with Gasteiger partial charge in [-0.1, -0.05) is 0 Å². The van der Waals surface area contributed by atoms with Crippen LogP contribution in [0.15, 0.2) is 39.7 Å². The number of amides is 1. The second kappa shape index (κ2) is 5.61. The third kappa shape index (κ3) is 2.92. The highest BCUT2D eigenvalue weighted by atomic mass is 79.9. The Morgan fingerprint density at radius 1 is 1.19 bits per heavy atom. The minimum absolute atomic E-state index is 0.278. The quantitative estimate of drug-likeness (QED) is 0.869. The monoisotopic (exact) mass is 350 g/mol. The maximum atomic E-state index is 12.1. The fourth-order valence-corrected chi connectivity index (χ4v) is 2.36. The van der Waals surface area contributed by atoms with Crippen LogP contribution in [0.3, 0.4) is 0 Å². The number of carbonyl (C=O) groups excluding carboxylic acids is 1. The van der Waals surface area contributed by atoms with Gasteiger partial charge in [0.15, 0.2) is 11.5 Å². The molecule has 1 aliphatic heterocycles. The third-order valence-corrected chi connectivity index (χ3v) is 3.57. The highest BCUT2D eigenvalue weighted by Crippen LogP contribution is 2.38. The Labute approximate surface area is 128 Å². The van der Waals surface area contributed by atoms with Gasteiger partial charge in [-0.3, -0.25) is 9.59 Å². The predicted molar refractivity (Wildman–Crippen MR) is 80.1 cm³/mol. The topological polar surface area (TPSA) is 80.4 Å². The van der Waals surface area contributed by atoms with Gasteiger partial charge in [0.2, 0.25) is 5.56 Å². The van der Waals surface area contributed by atoms with Crippen LogP contribution >= 0.6 is 15.9 Å². The average molecular weight is 351 g/mol. The van der Waals surface area contributed by atoms with E-state index in [2.05, 4.69) is 26.2 Å². The molecule has 0 bridgehead atoms. The van der Waals surface area contributed by atoms with E-state index in [0.717, 1.165) is 0 Å². The summed E-state index contributed by atoms with van der Waals surface area (Å²) in [7, 11) is 0. The second-order valence-corrected chi connectivity index (χ2v) is 5.23.